The number of nitrogens with zero attached hydrogens (tertiary/aromatic N) is 2. The van der Waals surface area contributed by atoms with E-state index in [1.165, 1.54) is 12.1 Å². The van der Waals surface area contributed by atoms with E-state index in [2.05, 4.69) is 15.2 Å². The molecule has 0 fully saturated rings. The van der Waals surface area contributed by atoms with Crippen molar-refractivity contribution in [1.29, 1.82) is 0 Å². The summed E-state index contributed by atoms with van der Waals surface area (Å²) >= 11 is 0. The molecule has 1 aromatic heterocycles. The highest BCUT2D eigenvalue weighted by atomic mass is 19.3. The molecule has 0 saturated carbocycles. The average Bonchev–Trinajstić information content (AvgIpc) is 3.05. The van der Waals surface area contributed by atoms with E-state index in [0.29, 0.717) is 18.7 Å². The van der Waals surface area contributed by atoms with Gasteiger partial charge < -0.3 is 10.1 Å². The normalized spacial score (nSPS) is 10.8. The van der Waals surface area contributed by atoms with Gasteiger partial charge in [0.25, 0.3) is 5.91 Å². The van der Waals surface area contributed by atoms with Crippen molar-refractivity contribution < 1.29 is 18.3 Å². The summed E-state index contributed by atoms with van der Waals surface area (Å²) in [4.78, 5) is 12.3. The molecule has 0 radical (unpaired) electrons. The maximum Gasteiger partial charge on any atom is 0.387 e. The van der Waals surface area contributed by atoms with Crippen molar-refractivity contribution >= 4 is 5.91 Å². The highest BCUT2D eigenvalue weighted by Crippen LogP contribution is 2.15. The second-order valence-electron chi connectivity index (χ2n) is 5.95. The van der Waals surface area contributed by atoms with Crippen molar-refractivity contribution in [3.8, 4) is 11.4 Å². The van der Waals surface area contributed by atoms with Crippen LogP contribution in [0.3, 0.4) is 0 Å². The van der Waals surface area contributed by atoms with Gasteiger partial charge in [0.15, 0.2) is 5.69 Å². The van der Waals surface area contributed by atoms with E-state index in [1.807, 2.05) is 37.3 Å². The number of hydrogen-bond acceptors (Lipinski definition) is 3. The molecule has 0 aliphatic rings. The van der Waals surface area contributed by atoms with Crippen LogP contribution in [0.15, 0.2) is 60.7 Å². The first kappa shape index (κ1) is 18.6. The van der Waals surface area contributed by atoms with Gasteiger partial charge in [-0.3, -0.25) is 4.79 Å². The molecule has 0 aliphatic heterocycles. The van der Waals surface area contributed by atoms with E-state index in [9.17, 15) is 13.6 Å². The van der Waals surface area contributed by atoms with Gasteiger partial charge in [-0.1, -0.05) is 30.3 Å². The number of nitrogens with one attached hydrogen (secondary N) is 1. The highest BCUT2D eigenvalue weighted by molar-refractivity contribution is 5.92. The van der Waals surface area contributed by atoms with Gasteiger partial charge in [-0.25, -0.2) is 4.68 Å². The Morgan fingerprint density at radius 2 is 1.85 bits per heavy atom. The Bertz CT molecular complexity index is 893. The lowest BCUT2D eigenvalue weighted by molar-refractivity contribution is -0.0498. The number of rotatable bonds is 7. The second kappa shape index (κ2) is 8.44. The molecule has 5 nitrogen and oxygen atoms in total. The number of carbonyl (C=O) groups is 1. The Balaban J connectivity index is 1.55. The summed E-state index contributed by atoms with van der Waals surface area (Å²) in [5.41, 5.74) is 3.00. The van der Waals surface area contributed by atoms with E-state index in [0.717, 1.165) is 16.9 Å². The summed E-state index contributed by atoms with van der Waals surface area (Å²) in [6.07, 6.45) is 0.569. The third kappa shape index (κ3) is 4.91. The third-order valence-electron chi connectivity index (χ3n) is 3.97. The molecule has 3 rings (SSSR count). The summed E-state index contributed by atoms with van der Waals surface area (Å²) < 4.78 is 30.3. The first-order chi connectivity index (χ1) is 13.0. The number of para-hydroxylation sites is 1. The van der Waals surface area contributed by atoms with E-state index in [4.69, 9.17) is 0 Å². The van der Waals surface area contributed by atoms with Crippen LogP contribution in [-0.4, -0.2) is 28.8 Å². The number of amides is 1. The van der Waals surface area contributed by atoms with Crippen LogP contribution in [0.5, 0.6) is 5.75 Å². The first-order valence-corrected chi connectivity index (χ1v) is 8.47. The predicted molar refractivity (Wildman–Crippen MR) is 97.4 cm³/mol. The van der Waals surface area contributed by atoms with Gasteiger partial charge >= 0.3 is 6.61 Å². The van der Waals surface area contributed by atoms with Crippen LogP contribution in [0.1, 0.15) is 21.7 Å². The Hall–Kier alpha value is -3.22. The smallest absolute Gasteiger partial charge is 0.387 e. The van der Waals surface area contributed by atoms with Crippen LogP contribution < -0.4 is 10.1 Å². The molecule has 0 spiro atoms. The van der Waals surface area contributed by atoms with E-state index in [-0.39, 0.29) is 11.7 Å². The Morgan fingerprint density at radius 1 is 1.15 bits per heavy atom. The van der Waals surface area contributed by atoms with Gasteiger partial charge in [-0.05, 0) is 49.2 Å². The van der Waals surface area contributed by atoms with Crippen molar-refractivity contribution in [2.45, 2.75) is 20.0 Å². The SMILES string of the molecule is Cc1cc(C(=O)NCCc2ccc(OC(F)F)cc2)nn1-c1ccccc1. The number of halogens is 2. The number of ether oxygens (including phenoxy) is 1. The zero-order chi connectivity index (χ0) is 19.2. The minimum absolute atomic E-state index is 0.111. The van der Waals surface area contributed by atoms with Crippen LogP contribution in [-0.2, 0) is 6.42 Å². The molecule has 0 unspecified atom stereocenters. The number of aromatic nitrogens is 2. The fraction of sp³-hybridized carbons (Fsp3) is 0.200. The zero-order valence-electron chi connectivity index (χ0n) is 14.7. The van der Waals surface area contributed by atoms with Gasteiger partial charge in [0.2, 0.25) is 0 Å². The summed E-state index contributed by atoms with van der Waals surface area (Å²) in [7, 11) is 0. The number of alkyl halides is 2. The Morgan fingerprint density at radius 3 is 2.52 bits per heavy atom. The van der Waals surface area contributed by atoms with Crippen LogP contribution in [0.25, 0.3) is 5.69 Å². The van der Waals surface area contributed by atoms with E-state index >= 15 is 0 Å². The molecule has 0 bridgehead atoms. The summed E-state index contributed by atoms with van der Waals surface area (Å²) in [6, 6.07) is 17.7. The fourth-order valence-electron chi connectivity index (χ4n) is 2.66. The summed E-state index contributed by atoms with van der Waals surface area (Å²) in [5.74, 6) is -0.148. The number of benzene rings is 2. The molecule has 1 heterocycles. The molecule has 140 valence electrons. The quantitative estimate of drug-likeness (QED) is 0.688. The standard InChI is InChI=1S/C20H19F2N3O2/c1-14-13-18(24-25(14)16-5-3-2-4-6-16)19(26)23-12-11-15-7-9-17(10-8-15)27-20(21)22/h2-10,13,20H,11-12H2,1H3,(H,23,26). The number of carbonyl (C=O) groups excluding carboxylic acids is 1. The molecular weight excluding hydrogens is 352 g/mol. The fourth-order valence-corrected chi connectivity index (χ4v) is 2.66. The van der Waals surface area contributed by atoms with Crippen molar-refractivity contribution in [1.82, 2.24) is 15.1 Å². The van der Waals surface area contributed by atoms with E-state index in [1.54, 1.807) is 22.9 Å². The number of aryl methyl sites for hydroxylation is 1. The highest BCUT2D eigenvalue weighted by Gasteiger charge is 2.13. The molecule has 2 aromatic carbocycles. The zero-order valence-corrected chi connectivity index (χ0v) is 14.7. The molecule has 0 saturated heterocycles. The maximum absolute atomic E-state index is 12.3. The van der Waals surface area contributed by atoms with Gasteiger partial charge in [-0.2, -0.15) is 13.9 Å². The average molecular weight is 371 g/mol. The lowest BCUT2D eigenvalue weighted by Gasteiger charge is -2.06. The van der Waals surface area contributed by atoms with Crippen molar-refractivity contribution in [2.75, 3.05) is 6.54 Å². The van der Waals surface area contributed by atoms with Crippen LogP contribution in [0, 0.1) is 6.92 Å². The summed E-state index contributed by atoms with van der Waals surface area (Å²) in [6.45, 7) is -0.542. The third-order valence-corrected chi connectivity index (χ3v) is 3.97. The van der Waals surface area contributed by atoms with Crippen molar-refractivity contribution in [2.24, 2.45) is 0 Å². The van der Waals surface area contributed by atoms with Gasteiger partial charge in [-0.15, -0.1) is 0 Å². The molecule has 0 aliphatic carbocycles. The number of hydrogen-bond donors (Lipinski definition) is 1. The Kier molecular flexibility index (Phi) is 5.80. The molecule has 1 amide bonds. The van der Waals surface area contributed by atoms with Gasteiger partial charge in [0, 0.05) is 12.2 Å². The molecule has 3 aromatic rings. The minimum Gasteiger partial charge on any atom is -0.435 e. The van der Waals surface area contributed by atoms with Crippen LogP contribution >= 0.6 is 0 Å². The topological polar surface area (TPSA) is 56.1 Å². The first-order valence-electron chi connectivity index (χ1n) is 8.47. The molecule has 1 N–H and O–H groups in total. The van der Waals surface area contributed by atoms with Crippen LogP contribution in [0.2, 0.25) is 0 Å². The van der Waals surface area contributed by atoms with Crippen molar-refractivity contribution in [3.05, 3.63) is 77.6 Å². The van der Waals surface area contributed by atoms with Gasteiger partial charge in [0.1, 0.15) is 5.75 Å². The molecular formula is C20H19F2N3O2. The molecule has 0 atom stereocenters. The lowest BCUT2D eigenvalue weighted by atomic mass is 10.1. The molecule has 7 heteroatoms. The Labute approximate surface area is 155 Å². The largest absolute Gasteiger partial charge is 0.435 e. The second-order valence-corrected chi connectivity index (χ2v) is 5.95. The summed E-state index contributed by atoms with van der Waals surface area (Å²) in [5, 5.41) is 7.18. The maximum atomic E-state index is 12.3. The molecule has 27 heavy (non-hydrogen) atoms. The van der Waals surface area contributed by atoms with Crippen molar-refractivity contribution in [3.63, 3.8) is 0 Å². The lowest BCUT2D eigenvalue weighted by Crippen LogP contribution is -2.26. The van der Waals surface area contributed by atoms with E-state index < -0.39 is 6.61 Å². The van der Waals surface area contributed by atoms with Crippen LogP contribution in [0.4, 0.5) is 8.78 Å². The minimum atomic E-state index is -2.84. The van der Waals surface area contributed by atoms with Gasteiger partial charge in [0.05, 0.1) is 5.69 Å². The predicted octanol–water partition coefficient (Wildman–Crippen LogP) is 3.75. The monoisotopic (exact) mass is 371 g/mol.